The lowest BCUT2D eigenvalue weighted by molar-refractivity contribution is -0.146. The Morgan fingerprint density at radius 1 is 1.04 bits per heavy atom. The van der Waals surface area contributed by atoms with Gasteiger partial charge in [0.25, 0.3) is 0 Å². The van der Waals surface area contributed by atoms with E-state index < -0.39 is 11.8 Å². The predicted molar refractivity (Wildman–Crippen MR) is 100.0 cm³/mol. The van der Waals surface area contributed by atoms with Gasteiger partial charge in [-0.15, -0.1) is 0 Å². The summed E-state index contributed by atoms with van der Waals surface area (Å²) < 4.78 is 0. The summed E-state index contributed by atoms with van der Waals surface area (Å²) in [6, 6.07) is 3.50. The SMILES string of the molecule is Cc1cc(Cl)cc(C)c1NC(=O)C(=O)N1CCN(C(=O)C2CC2C)CC1. The zero-order valence-corrected chi connectivity index (χ0v) is 16.1. The molecule has 1 aliphatic carbocycles. The van der Waals surface area contributed by atoms with Gasteiger partial charge in [-0.3, -0.25) is 14.4 Å². The molecular weight excluding hydrogens is 354 g/mol. The third-order valence-electron chi connectivity index (χ3n) is 5.24. The fraction of sp³-hybridized carbons (Fsp3) is 0.526. The van der Waals surface area contributed by atoms with Crippen molar-refractivity contribution < 1.29 is 14.4 Å². The van der Waals surface area contributed by atoms with Crippen LogP contribution in [0.2, 0.25) is 5.02 Å². The molecule has 1 aromatic carbocycles. The number of benzene rings is 1. The molecule has 0 bridgehead atoms. The first-order valence-corrected chi connectivity index (χ1v) is 9.31. The van der Waals surface area contributed by atoms with E-state index in [1.54, 1.807) is 12.1 Å². The first-order chi connectivity index (χ1) is 12.3. The van der Waals surface area contributed by atoms with E-state index >= 15 is 0 Å². The second kappa shape index (κ2) is 7.27. The average molecular weight is 378 g/mol. The quantitative estimate of drug-likeness (QED) is 0.803. The highest BCUT2D eigenvalue weighted by Crippen LogP contribution is 2.39. The van der Waals surface area contributed by atoms with Crippen molar-refractivity contribution in [1.82, 2.24) is 9.80 Å². The Morgan fingerprint density at radius 3 is 2.04 bits per heavy atom. The molecule has 3 rings (SSSR count). The second-order valence-corrected chi connectivity index (χ2v) is 7.74. The van der Waals surface area contributed by atoms with E-state index in [1.807, 2.05) is 18.7 Å². The summed E-state index contributed by atoms with van der Waals surface area (Å²) in [6.07, 6.45) is 0.959. The first-order valence-electron chi connectivity index (χ1n) is 8.93. The number of hydrogen-bond acceptors (Lipinski definition) is 3. The van der Waals surface area contributed by atoms with Crippen LogP contribution in [0.3, 0.4) is 0 Å². The van der Waals surface area contributed by atoms with Gasteiger partial charge in [-0.1, -0.05) is 18.5 Å². The lowest BCUT2D eigenvalue weighted by Gasteiger charge is -2.34. The predicted octanol–water partition coefficient (Wildman–Crippen LogP) is 2.22. The molecule has 0 radical (unpaired) electrons. The van der Waals surface area contributed by atoms with Crippen molar-refractivity contribution in [3.63, 3.8) is 0 Å². The van der Waals surface area contributed by atoms with Gasteiger partial charge in [0.2, 0.25) is 5.91 Å². The minimum Gasteiger partial charge on any atom is -0.339 e. The molecule has 26 heavy (non-hydrogen) atoms. The van der Waals surface area contributed by atoms with Crippen LogP contribution in [0.15, 0.2) is 12.1 Å². The molecule has 2 atom stereocenters. The molecule has 2 aliphatic rings. The molecular formula is C19H24ClN3O3. The summed E-state index contributed by atoms with van der Waals surface area (Å²) >= 11 is 6.00. The van der Waals surface area contributed by atoms with E-state index in [0.717, 1.165) is 17.5 Å². The van der Waals surface area contributed by atoms with Crippen LogP contribution in [-0.2, 0) is 14.4 Å². The fourth-order valence-corrected chi connectivity index (χ4v) is 3.78. The molecule has 1 N–H and O–H groups in total. The molecule has 1 aromatic rings. The van der Waals surface area contributed by atoms with E-state index in [0.29, 0.717) is 42.8 Å². The van der Waals surface area contributed by atoms with Gasteiger partial charge in [0.15, 0.2) is 0 Å². The number of carbonyl (C=O) groups excluding carboxylic acids is 3. The van der Waals surface area contributed by atoms with E-state index in [-0.39, 0.29) is 11.8 Å². The number of hydrogen-bond donors (Lipinski definition) is 1. The minimum atomic E-state index is -0.658. The average Bonchev–Trinajstić information content (AvgIpc) is 3.33. The lowest BCUT2D eigenvalue weighted by atomic mass is 10.1. The van der Waals surface area contributed by atoms with Crippen LogP contribution in [0.4, 0.5) is 5.69 Å². The first kappa shape index (κ1) is 18.7. The van der Waals surface area contributed by atoms with E-state index in [9.17, 15) is 14.4 Å². The highest BCUT2D eigenvalue weighted by atomic mass is 35.5. The van der Waals surface area contributed by atoms with Crippen molar-refractivity contribution in [1.29, 1.82) is 0 Å². The molecule has 0 aromatic heterocycles. The zero-order chi connectivity index (χ0) is 19.0. The van der Waals surface area contributed by atoms with Crippen LogP contribution in [0.1, 0.15) is 24.5 Å². The van der Waals surface area contributed by atoms with Crippen molar-refractivity contribution in [2.75, 3.05) is 31.5 Å². The molecule has 3 amide bonds. The highest BCUT2D eigenvalue weighted by Gasteiger charge is 2.42. The van der Waals surface area contributed by atoms with Crippen molar-refractivity contribution in [3.05, 3.63) is 28.3 Å². The van der Waals surface area contributed by atoms with Crippen molar-refractivity contribution in [2.24, 2.45) is 11.8 Å². The van der Waals surface area contributed by atoms with E-state index in [4.69, 9.17) is 11.6 Å². The van der Waals surface area contributed by atoms with E-state index in [1.165, 1.54) is 4.90 Å². The van der Waals surface area contributed by atoms with Crippen LogP contribution in [0.25, 0.3) is 0 Å². The molecule has 0 spiro atoms. The Hall–Kier alpha value is -2.08. The maximum Gasteiger partial charge on any atom is 0.313 e. The van der Waals surface area contributed by atoms with Crippen LogP contribution < -0.4 is 5.32 Å². The monoisotopic (exact) mass is 377 g/mol. The summed E-state index contributed by atoms with van der Waals surface area (Å²) in [5.74, 6) is -0.420. The number of nitrogens with zero attached hydrogens (tertiary/aromatic N) is 2. The topological polar surface area (TPSA) is 69.7 Å². The van der Waals surface area contributed by atoms with Gasteiger partial charge in [-0.05, 0) is 49.4 Å². The molecule has 7 heteroatoms. The van der Waals surface area contributed by atoms with E-state index in [2.05, 4.69) is 12.2 Å². The van der Waals surface area contributed by atoms with Crippen molar-refractivity contribution in [2.45, 2.75) is 27.2 Å². The Kier molecular flexibility index (Phi) is 5.23. The van der Waals surface area contributed by atoms with Gasteiger partial charge in [0, 0.05) is 42.8 Å². The van der Waals surface area contributed by atoms with Crippen LogP contribution >= 0.6 is 11.6 Å². The summed E-state index contributed by atoms with van der Waals surface area (Å²) in [5.41, 5.74) is 2.24. The Morgan fingerprint density at radius 2 is 1.54 bits per heavy atom. The van der Waals surface area contributed by atoms with Gasteiger partial charge in [-0.2, -0.15) is 0 Å². The molecule has 6 nitrogen and oxygen atoms in total. The molecule has 1 saturated carbocycles. The van der Waals surface area contributed by atoms with Crippen LogP contribution in [0.5, 0.6) is 0 Å². The second-order valence-electron chi connectivity index (χ2n) is 7.31. The van der Waals surface area contributed by atoms with Gasteiger partial charge in [-0.25, -0.2) is 0 Å². The third-order valence-corrected chi connectivity index (χ3v) is 5.45. The van der Waals surface area contributed by atoms with Gasteiger partial charge < -0.3 is 15.1 Å². The molecule has 1 aliphatic heterocycles. The Balaban J connectivity index is 1.57. The molecule has 1 saturated heterocycles. The Labute approximate surface area is 158 Å². The molecule has 140 valence electrons. The van der Waals surface area contributed by atoms with Crippen LogP contribution in [0, 0.1) is 25.7 Å². The van der Waals surface area contributed by atoms with Crippen molar-refractivity contribution in [3.8, 4) is 0 Å². The number of rotatable bonds is 2. The largest absolute Gasteiger partial charge is 0.339 e. The third kappa shape index (κ3) is 3.85. The van der Waals surface area contributed by atoms with Crippen LogP contribution in [-0.4, -0.2) is 53.7 Å². The number of nitrogens with one attached hydrogen (secondary N) is 1. The zero-order valence-electron chi connectivity index (χ0n) is 15.3. The molecule has 2 fully saturated rings. The smallest absolute Gasteiger partial charge is 0.313 e. The number of carbonyl (C=O) groups is 3. The summed E-state index contributed by atoms with van der Waals surface area (Å²) in [5, 5.41) is 3.29. The number of halogens is 1. The lowest BCUT2D eigenvalue weighted by Crippen LogP contribution is -2.53. The highest BCUT2D eigenvalue weighted by molar-refractivity contribution is 6.39. The van der Waals surface area contributed by atoms with Gasteiger partial charge in [0.1, 0.15) is 0 Å². The maximum atomic E-state index is 12.5. The fourth-order valence-electron chi connectivity index (χ4n) is 3.45. The number of anilines is 1. The summed E-state index contributed by atoms with van der Waals surface area (Å²) in [6.45, 7) is 7.49. The maximum absolute atomic E-state index is 12.5. The Bertz CT molecular complexity index is 733. The molecule has 1 heterocycles. The van der Waals surface area contributed by atoms with Gasteiger partial charge >= 0.3 is 11.8 Å². The number of piperazine rings is 1. The minimum absolute atomic E-state index is 0.149. The number of aryl methyl sites for hydroxylation is 2. The molecule has 2 unspecified atom stereocenters. The standard InChI is InChI=1S/C19H24ClN3O3/c1-11-10-15(11)18(25)22-4-6-23(7-5-22)19(26)17(24)21-16-12(2)8-14(20)9-13(16)3/h8-9,11,15H,4-7,10H2,1-3H3,(H,21,24). The number of amides is 3. The van der Waals surface area contributed by atoms with Gasteiger partial charge in [0.05, 0.1) is 0 Å². The summed E-state index contributed by atoms with van der Waals surface area (Å²) in [7, 11) is 0. The summed E-state index contributed by atoms with van der Waals surface area (Å²) in [4.78, 5) is 40.4. The normalized spacial score (nSPS) is 22.2. The van der Waals surface area contributed by atoms with Crippen molar-refractivity contribution >= 4 is 35.0 Å².